The highest BCUT2D eigenvalue weighted by Crippen LogP contribution is 2.39. The first kappa shape index (κ1) is 14.3. The molecule has 0 bridgehead atoms. The molecule has 0 aliphatic heterocycles. The van der Waals surface area contributed by atoms with Crippen molar-refractivity contribution in [2.24, 2.45) is 4.99 Å². The fourth-order valence-electron chi connectivity index (χ4n) is 1.14. The zero-order valence-electron chi connectivity index (χ0n) is 8.86. The van der Waals surface area contributed by atoms with Crippen molar-refractivity contribution in [3.05, 3.63) is 29.3 Å². The zero-order valence-corrected chi connectivity index (χ0v) is 8.86. The molecule has 0 N–H and O–H groups in total. The van der Waals surface area contributed by atoms with Gasteiger partial charge in [0, 0.05) is 0 Å². The van der Waals surface area contributed by atoms with E-state index in [2.05, 4.69) is 9.73 Å². The summed E-state index contributed by atoms with van der Waals surface area (Å²) in [6, 6.07) is 0.947. The van der Waals surface area contributed by atoms with E-state index in [0.717, 1.165) is 7.11 Å². The molecule has 18 heavy (non-hydrogen) atoms. The van der Waals surface area contributed by atoms with Gasteiger partial charge in [-0.15, -0.1) is 0 Å². The summed E-state index contributed by atoms with van der Waals surface area (Å²) in [6.07, 6.45) is -7.84. The number of alkyl halides is 6. The van der Waals surface area contributed by atoms with Gasteiger partial charge in [-0.1, -0.05) is 0 Å². The van der Waals surface area contributed by atoms with Gasteiger partial charge < -0.3 is 4.74 Å². The standard InChI is InChI=1S/C10H6F6NO/c1-18-5-17-8-4-6(9(11,12)13)2-3-7(8)10(14,15)16/h2-4H,1H3. The Kier molecular flexibility index (Phi) is 3.88. The van der Waals surface area contributed by atoms with Crippen LogP contribution < -0.4 is 0 Å². The predicted octanol–water partition coefficient (Wildman–Crippen LogP) is 3.91. The van der Waals surface area contributed by atoms with E-state index in [9.17, 15) is 26.3 Å². The van der Waals surface area contributed by atoms with Crippen LogP contribution in [0.15, 0.2) is 23.2 Å². The second kappa shape index (κ2) is 4.87. The summed E-state index contributed by atoms with van der Waals surface area (Å²) < 4.78 is 78.7. The molecule has 0 amide bonds. The topological polar surface area (TPSA) is 21.6 Å². The van der Waals surface area contributed by atoms with Gasteiger partial charge in [0.1, 0.15) is 0 Å². The van der Waals surface area contributed by atoms with Crippen LogP contribution in [-0.2, 0) is 17.1 Å². The molecule has 1 aromatic carbocycles. The first-order valence-corrected chi connectivity index (χ1v) is 4.43. The summed E-state index contributed by atoms with van der Waals surface area (Å²) in [7, 11) is 1.06. The van der Waals surface area contributed by atoms with E-state index >= 15 is 0 Å². The van der Waals surface area contributed by atoms with Crippen molar-refractivity contribution in [3.8, 4) is 0 Å². The average molecular weight is 270 g/mol. The molecule has 0 fully saturated rings. The van der Waals surface area contributed by atoms with Gasteiger partial charge in [-0.3, -0.25) is 0 Å². The lowest BCUT2D eigenvalue weighted by Gasteiger charge is -2.12. The molecule has 0 unspecified atom stereocenters. The van der Waals surface area contributed by atoms with Crippen LogP contribution in [0.5, 0.6) is 0 Å². The highest BCUT2D eigenvalue weighted by molar-refractivity contribution is 5.60. The van der Waals surface area contributed by atoms with Crippen LogP contribution in [0, 0.1) is 0 Å². The number of ether oxygens (including phenoxy) is 1. The van der Waals surface area contributed by atoms with Gasteiger partial charge in [-0.2, -0.15) is 26.3 Å². The smallest absolute Gasteiger partial charge is 0.418 e. The molecule has 0 aliphatic rings. The number of rotatable bonds is 2. The first-order valence-electron chi connectivity index (χ1n) is 4.43. The van der Waals surface area contributed by atoms with Crippen LogP contribution in [0.3, 0.4) is 0 Å². The lowest BCUT2D eigenvalue weighted by atomic mass is 10.1. The molecule has 0 saturated heterocycles. The van der Waals surface area contributed by atoms with Crippen molar-refractivity contribution < 1.29 is 31.1 Å². The molecule has 1 rings (SSSR count). The third-order valence-electron chi connectivity index (χ3n) is 1.89. The van der Waals surface area contributed by atoms with Crippen molar-refractivity contribution in [1.29, 1.82) is 0 Å². The van der Waals surface area contributed by atoms with E-state index in [-0.39, 0.29) is 6.07 Å². The van der Waals surface area contributed by atoms with Gasteiger partial charge in [0.25, 0.3) is 6.40 Å². The third-order valence-corrected chi connectivity index (χ3v) is 1.89. The Bertz CT molecular complexity index is 449. The van der Waals surface area contributed by atoms with Crippen LogP contribution in [0.1, 0.15) is 11.1 Å². The molecule has 99 valence electrons. The molecule has 0 spiro atoms. The Morgan fingerprint density at radius 3 is 2.11 bits per heavy atom. The Morgan fingerprint density at radius 2 is 1.67 bits per heavy atom. The summed E-state index contributed by atoms with van der Waals surface area (Å²) >= 11 is 0. The van der Waals surface area contributed by atoms with Crippen molar-refractivity contribution in [2.45, 2.75) is 12.4 Å². The first-order chi connectivity index (χ1) is 8.16. The molecule has 0 heterocycles. The average Bonchev–Trinajstić information content (AvgIpc) is 2.23. The van der Waals surface area contributed by atoms with E-state index in [1.54, 1.807) is 6.40 Å². The molecule has 2 nitrogen and oxygen atoms in total. The largest absolute Gasteiger partial charge is 0.477 e. The van der Waals surface area contributed by atoms with E-state index < -0.39 is 29.2 Å². The Hall–Kier alpha value is -1.73. The molecular weight excluding hydrogens is 264 g/mol. The second-order valence-corrected chi connectivity index (χ2v) is 3.13. The summed E-state index contributed by atoms with van der Waals surface area (Å²) in [5.41, 5.74) is -3.42. The molecule has 0 atom stereocenters. The summed E-state index contributed by atoms with van der Waals surface area (Å²) in [5.74, 6) is 0. The van der Waals surface area contributed by atoms with Crippen LogP contribution >= 0.6 is 0 Å². The predicted molar refractivity (Wildman–Crippen MR) is 50.6 cm³/mol. The highest BCUT2D eigenvalue weighted by Gasteiger charge is 2.37. The van der Waals surface area contributed by atoms with E-state index in [0.29, 0.717) is 12.1 Å². The zero-order chi connectivity index (χ0) is 14.0. The lowest BCUT2D eigenvalue weighted by Crippen LogP contribution is -2.09. The molecule has 0 aromatic heterocycles. The maximum Gasteiger partial charge on any atom is 0.418 e. The summed E-state index contributed by atoms with van der Waals surface area (Å²) in [4.78, 5) is 3.07. The number of hydrogen-bond acceptors (Lipinski definition) is 2. The number of aliphatic imine (C=N–C) groups is 1. The molecule has 8 heteroatoms. The van der Waals surface area contributed by atoms with Crippen LogP contribution in [0.2, 0.25) is 0 Å². The number of halogens is 6. The van der Waals surface area contributed by atoms with Crippen molar-refractivity contribution in [1.82, 2.24) is 0 Å². The summed E-state index contributed by atoms with van der Waals surface area (Å²) in [6.45, 7) is 0. The Labute approximate surface area is 97.9 Å². The van der Waals surface area contributed by atoms with Crippen LogP contribution in [-0.4, -0.2) is 13.5 Å². The normalized spacial score (nSPS) is 13.1. The molecule has 0 aliphatic carbocycles. The summed E-state index contributed by atoms with van der Waals surface area (Å²) in [5, 5.41) is 0. The highest BCUT2D eigenvalue weighted by atomic mass is 19.4. The van der Waals surface area contributed by atoms with Gasteiger partial charge in [-0.05, 0) is 18.2 Å². The molecule has 0 saturated carbocycles. The number of nitrogens with zero attached hydrogens (tertiary/aromatic N) is 1. The SMILES string of the molecule is CO/[C]=N\c1cc(C(F)(F)F)ccc1C(F)(F)F. The van der Waals surface area contributed by atoms with Crippen LogP contribution in [0.4, 0.5) is 32.0 Å². The number of benzene rings is 1. The monoisotopic (exact) mass is 270 g/mol. The van der Waals surface area contributed by atoms with Gasteiger partial charge >= 0.3 is 12.4 Å². The minimum absolute atomic E-state index is 0.287. The molecule has 1 radical (unpaired) electrons. The molecular formula is C10H6F6NO. The third kappa shape index (κ3) is 3.38. The van der Waals surface area contributed by atoms with Gasteiger partial charge in [0.05, 0.1) is 23.9 Å². The van der Waals surface area contributed by atoms with Gasteiger partial charge in [0.2, 0.25) is 0 Å². The number of methoxy groups -OCH3 is 1. The Morgan fingerprint density at radius 1 is 1.06 bits per heavy atom. The van der Waals surface area contributed by atoms with Crippen molar-refractivity contribution >= 4 is 12.1 Å². The molecule has 1 aromatic rings. The van der Waals surface area contributed by atoms with Crippen LogP contribution in [0.25, 0.3) is 0 Å². The van der Waals surface area contributed by atoms with Crippen molar-refractivity contribution in [2.75, 3.05) is 7.11 Å². The fraction of sp³-hybridized carbons (Fsp3) is 0.300. The van der Waals surface area contributed by atoms with E-state index in [1.165, 1.54) is 0 Å². The Balaban J connectivity index is 3.34. The lowest BCUT2D eigenvalue weighted by molar-refractivity contribution is -0.140. The van der Waals surface area contributed by atoms with Crippen molar-refractivity contribution in [3.63, 3.8) is 0 Å². The fourth-order valence-corrected chi connectivity index (χ4v) is 1.14. The maximum absolute atomic E-state index is 12.5. The second-order valence-electron chi connectivity index (χ2n) is 3.13. The van der Waals surface area contributed by atoms with E-state index in [1.807, 2.05) is 0 Å². The van der Waals surface area contributed by atoms with E-state index in [4.69, 9.17) is 0 Å². The van der Waals surface area contributed by atoms with Gasteiger partial charge in [0.15, 0.2) is 0 Å². The van der Waals surface area contributed by atoms with Gasteiger partial charge in [-0.25, -0.2) is 4.99 Å². The number of hydrogen-bond donors (Lipinski definition) is 0. The minimum Gasteiger partial charge on any atom is -0.477 e. The minimum atomic E-state index is -4.81. The quantitative estimate of drug-likeness (QED) is 0.453. The maximum atomic E-state index is 12.5.